The Morgan fingerprint density at radius 2 is 1.51 bits per heavy atom. The molecule has 0 aliphatic carbocycles. The van der Waals surface area contributed by atoms with Gasteiger partial charge in [-0.25, -0.2) is 15.2 Å². The average molecular weight is 501 g/mol. The fraction of sp³-hybridized carbons (Fsp3) is 0.792. The van der Waals surface area contributed by atoms with E-state index in [4.69, 9.17) is 0 Å². The van der Waals surface area contributed by atoms with Crippen LogP contribution in [0.5, 0.6) is 0 Å². The number of aldehydes is 2. The van der Waals surface area contributed by atoms with Crippen LogP contribution >= 0.6 is 0 Å². The van der Waals surface area contributed by atoms with Gasteiger partial charge in [-0.1, -0.05) is 48.5 Å². The lowest BCUT2D eigenvalue weighted by Crippen LogP contribution is -2.57. The predicted octanol–water partition coefficient (Wildman–Crippen LogP) is 1.34. The summed E-state index contributed by atoms with van der Waals surface area (Å²) >= 11 is 0. The van der Waals surface area contributed by atoms with Crippen LogP contribution in [0.25, 0.3) is 0 Å². The first-order chi connectivity index (χ1) is 16.2. The maximum absolute atomic E-state index is 12.8. The van der Waals surface area contributed by atoms with Crippen molar-refractivity contribution < 1.29 is 34.2 Å². The van der Waals surface area contributed by atoms with Gasteiger partial charge in [-0.15, -0.1) is 0 Å². The maximum atomic E-state index is 12.8. The number of nitrogens with one attached hydrogen (secondary N) is 3. The summed E-state index contributed by atoms with van der Waals surface area (Å²) in [6.07, 6.45) is -1.82. The molecule has 11 heteroatoms. The lowest BCUT2D eigenvalue weighted by Gasteiger charge is -2.34. The van der Waals surface area contributed by atoms with Gasteiger partial charge in [0.05, 0.1) is 12.1 Å². The van der Waals surface area contributed by atoms with Gasteiger partial charge in [0, 0.05) is 18.9 Å². The molecule has 3 amide bonds. The third-order valence-corrected chi connectivity index (χ3v) is 5.50. The summed E-state index contributed by atoms with van der Waals surface area (Å²) in [5, 5.41) is 26.6. The maximum Gasteiger partial charge on any atom is 0.422 e. The highest BCUT2D eigenvalue weighted by molar-refractivity contribution is 5.88. The van der Waals surface area contributed by atoms with Gasteiger partial charge in [0.25, 0.3) is 0 Å². The second kappa shape index (κ2) is 16.2. The molecule has 0 aromatic rings. The topological polar surface area (TPSA) is 165 Å². The fourth-order valence-electron chi connectivity index (χ4n) is 3.47. The molecule has 0 aliphatic rings. The molecule has 0 saturated carbocycles. The van der Waals surface area contributed by atoms with Crippen molar-refractivity contribution in [2.45, 2.75) is 92.0 Å². The SMILES string of the molecule is CC(C)CNC(=O)[C@@H](NC(=O)[C@H](C)C[C@H](O)[C@H](CC(C)C)NN(C(=O)O)C(C=O)CC=O)C(C)C. The number of rotatable bonds is 17. The molecule has 0 aliphatic heterocycles. The van der Waals surface area contributed by atoms with E-state index in [-0.39, 0.29) is 36.5 Å². The number of nitrogens with zero attached hydrogens (tertiary/aromatic N) is 1. The minimum absolute atomic E-state index is 0.0124. The Morgan fingerprint density at radius 1 is 0.914 bits per heavy atom. The van der Waals surface area contributed by atoms with Gasteiger partial charge in [0.1, 0.15) is 24.7 Å². The van der Waals surface area contributed by atoms with Crippen LogP contribution in [0.2, 0.25) is 0 Å². The van der Waals surface area contributed by atoms with Crippen LogP contribution in [0, 0.1) is 23.7 Å². The molecule has 0 aromatic carbocycles. The predicted molar refractivity (Wildman–Crippen MR) is 131 cm³/mol. The van der Waals surface area contributed by atoms with E-state index < -0.39 is 42.1 Å². The molecule has 0 fully saturated rings. The third kappa shape index (κ3) is 12.1. The molecular formula is C24H44N4O7. The first-order valence-corrected chi connectivity index (χ1v) is 12.2. The number of aliphatic hydroxyl groups excluding tert-OH is 1. The molecule has 1 unspecified atom stereocenters. The minimum atomic E-state index is -1.47. The van der Waals surface area contributed by atoms with Crippen LogP contribution in [-0.2, 0) is 19.2 Å². The largest absolute Gasteiger partial charge is 0.464 e. The lowest BCUT2D eigenvalue weighted by molar-refractivity contribution is -0.132. The highest BCUT2D eigenvalue weighted by atomic mass is 16.4. The van der Waals surface area contributed by atoms with Gasteiger partial charge in [-0.3, -0.25) is 9.59 Å². The normalized spacial score (nSPS) is 15.7. The molecule has 0 heterocycles. The summed E-state index contributed by atoms with van der Waals surface area (Å²) in [5.41, 5.74) is 2.67. The van der Waals surface area contributed by atoms with E-state index in [1.54, 1.807) is 6.92 Å². The first kappa shape index (κ1) is 32.5. The third-order valence-electron chi connectivity index (χ3n) is 5.50. The second-order valence-electron chi connectivity index (χ2n) is 10.2. The van der Waals surface area contributed by atoms with Gasteiger partial charge >= 0.3 is 6.09 Å². The second-order valence-corrected chi connectivity index (χ2v) is 10.2. The molecule has 35 heavy (non-hydrogen) atoms. The number of amides is 3. The van der Waals surface area contributed by atoms with E-state index in [1.807, 2.05) is 41.5 Å². The van der Waals surface area contributed by atoms with Gasteiger partial charge in [-0.05, 0) is 30.6 Å². The van der Waals surface area contributed by atoms with E-state index in [0.29, 0.717) is 30.5 Å². The van der Waals surface area contributed by atoms with E-state index in [2.05, 4.69) is 16.1 Å². The number of carbonyl (C=O) groups is 5. The van der Waals surface area contributed by atoms with Crippen molar-refractivity contribution in [1.82, 2.24) is 21.1 Å². The quantitative estimate of drug-likeness (QED) is 0.147. The number of hydrogen-bond donors (Lipinski definition) is 5. The van der Waals surface area contributed by atoms with E-state index in [1.165, 1.54) is 0 Å². The van der Waals surface area contributed by atoms with Crippen LogP contribution in [0.3, 0.4) is 0 Å². The van der Waals surface area contributed by atoms with Gasteiger partial charge < -0.3 is 30.4 Å². The zero-order chi connectivity index (χ0) is 27.3. The fourth-order valence-corrected chi connectivity index (χ4v) is 3.47. The molecule has 5 atom stereocenters. The Kier molecular flexibility index (Phi) is 15.0. The summed E-state index contributed by atoms with van der Waals surface area (Å²) in [4.78, 5) is 59.2. The minimum Gasteiger partial charge on any atom is -0.464 e. The lowest BCUT2D eigenvalue weighted by atomic mass is 9.92. The van der Waals surface area contributed by atoms with Gasteiger partial charge in [0.15, 0.2) is 0 Å². The van der Waals surface area contributed by atoms with Crippen molar-refractivity contribution >= 4 is 30.5 Å². The Hall–Kier alpha value is -2.53. The van der Waals surface area contributed by atoms with E-state index in [9.17, 15) is 34.2 Å². The number of carboxylic acid groups (broad SMARTS) is 1. The van der Waals surface area contributed by atoms with Crippen molar-refractivity contribution in [1.29, 1.82) is 0 Å². The zero-order valence-corrected chi connectivity index (χ0v) is 22.0. The number of carbonyl (C=O) groups excluding carboxylic acids is 4. The molecule has 0 rings (SSSR count). The van der Waals surface area contributed by atoms with E-state index in [0.717, 1.165) is 0 Å². The van der Waals surface area contributed by atoms with Crippen LogP contribution in [0.1, 0.15) is 67.7 Å². The summed E-state index contributed by atoms with van der Waals surface area (Å²) in [6.45, 7) is 13.5. The Morgan fingerprint density at radius 3 is 1.94 bits per heavy atom. The van der Waals surface area contributed by atoms with Crippen molar-refractivity contribution in [3.8, 4) is 0 Å². The smallest absolute Gasteiger partial charge is 0.422 e. The first-order valence-electron chi connectivity index (χ1n) is 12.2. The summed E-state index contributed by atoms with van der Waals surface area (Å²) in [7, 11) is 0. The number of aliphatic hydroxyl groups is 1. The molecule has 202 valence electrons. The van der Waals surface area contributed by atoms with Gasteiger partial charge in [0.2, 0.25) is 11.8 Å². The molecule has 5 N–H and O–H groups in total. The summed E-state index contributed by atoms with van der Waals surface area (Å²) in [5.74, 6) is -1.21. The Bertz CT molecular complexity index is 699. The molecule has 0 spiro atoms. The van der Waals surface area contributed by atoms with Crippen LogP contribution in [-0.4, -0.2) is 76.5 Å². The van der Waals surface area contributed by atoms with Gasteiger partial charge in [-0.2, -0.15) is 0 Å². The Balaban J connectivity index is 5.42. The highest BCUT2D eigenvalue weighted by Crippen LogP contribution is 2.17. The monoisotopic (exact) mass is 500 g/mol. The standard InChI is InChI=1S/C24H44N4O7/c1-14(2)10-19(27-28(24(34)35)18(13-30)8-9-29)20(31)11-17(7)22(32)26-21(16(5)6)23(33)25-12-15(3)4/h9,13-21,27,31H,8,10-12H2,1-7H3,(H,25,33)(H,26,32)(H,34,35)/t17-,18?,19+,20+,21+/m1/s1. The molecule has 0 saturated heterocycles. The summed E-state index contributed by atoms with van der Waals surface area (Å²) < 4.78 is 0. The molecule has 0 radical (unpaired) electrons. The van der Waals surface area contributed by atoms with Crippen molar-refractivity contribution in [3.05, 3.63) is 0 Å². The average Bonchev–Trinajstić information content (AvgIpc) is 2.76. The Labute approximate surface area is 208 Å². The molecule has 0 aromatic heterocycles. The number of hydrogen-bond acceptors (Lipinski definition) is 7. The molecule has 11 nitrogen and oxygen atoms in total. The molecular weight excluding hydrogens is 456 g/mol. The van der Waals surface area contributed by atoms with Crippen LogP contribution in [0.4, 0.5) is 4.79 Å². The van der Waals surface area contributed by atoms with E-state index >= 15 is 0 Å². The number of hydrazine groups is 1. The van der Waals surface area contributed by atoms with Crippen LogP contribution < -0.4 is 16.1 Å². The van der Waals surface area contributed by atoms with Crippen LogP contribution in [0.15, 0.2) is 0 Å². The van der Waals surface area contributed by atoms with Crippen molar-refractivity contribution in [2.24, 2.45) is 23.7 Å². The van der Waals surface area contributed by atoms with Crippen molar-refractivity contribution in [3.63, 3.8) is 0 Å². The zero-order valence-electron chi connectivity index (χ0n) is 22.0. The highest BCUT2D eigenvalue weighted by Gasteiger charge is 2.32. The summed E-state index contributed by atoms with van der Waals surface area (Å²) in [6, 6.07) is -2.78. The molecule has 0 bridgehead atoms. The van der Waals surface area contributed by atoms with Crippen molar-refractivity contribution in [2.75, 3.05) is 6.54 Å².